The van der Waals surface area contributed by atoms with Crippen molar-refractivity contribution in [2.45, 2.75) is 32.5 Å². The van der Waals surface area contributed by atoms with Crippen LogP contribution in [0.25, 0.3) is 0 Å². The summed E-state index contributed by atoms with van der Waals surface area (Å²) in [5, 5.41) is 3.82. The maximum Gasteiger partial charge on any atom is 0.247 e. The van der Waals surface area contributed by atoms with Gasteiger partial charge in [-0.3, -0.25) is 14.5 Å². The topological polar surface area (TPSA) is 49.4 Å². The number of likely N-dealkylation sites (tertiary alicyclic amines) is 1. The first-order chi connectivity index (χ1) is 11.5. The lowest BCUT2D eigenvalue weighted by Crippen LogP contribution is -2.38. The molecule has 1 saturated heterocycles. The van der Waals surface area contributed by atoms with E-state index in [0.29, 0.717) is 11.6 Å². The summed E-state index contributed by atoms with van der Waals surface area (Å²) in [6.45, 7) is 2.89. The van der Waals surface area contributed by atoms with Crippen LogP contribution in [0.1, 0.15) is 23.1 Å². The van der Waals surface area contributed by atoms with Gasteiger partial charge in [-0.2, -0.15) is 0 Å². The van der Waals surface area contributed by atoms with Gasteiger partial charge in [-0.15, -0.1) is 0 Å². The zero-order chi connectivity index (χ0) is 17.1. The predicted molar refractivity (Wildman–Crippen MR) is 93.4 cm³/mol. The van der Waals surface area contributed by atoms with Crippen LogP contribution >= 0.6 is 11.6 Å². The summed E-state index contributed by atoms with van der Waals surface area (Å²) in [5.74, 6) is -0.307. The molecular weight excluding hydrogens is 324 g/mol. The number of nitrogens with zero attached hydrogens (tertiary/aromatic N) is 1. The van der Waals surface area contributed by atoms with Crippen molar-refractivity contribution < 1.29 is 9.59 Å². The predicted octanol–water partition coefficient (Wildman–Crippen LogP) is 3.07. The largest absolute Gasteiger partial charge is 0.301 e. The van der Waals surface area contributed by atoms with Crippen molar-refractivity contribution in [3.05, 3.63) is 70.2 Å². The molecule has 1 N–H and O–H groups in total. The van der Waals surface area contributed by atoms with E-state index < -0.39 is 6.04 Å². The van der Waals surface area contributed by atoms with Crippen molar-refractivity contribution in [2.75, 3.05) is 0 Å². The molecule has 2 aromatic rings. The molecule has 2 aromatic carbocycles. The number of nitrogens with one attached hydrogen (secondary N) is 1. The van der Waals surface area contributed by atoms with E-state index in [4.69, 9.17) is 11.6 Å². The molecule has 1 heterocycles. The molecule has 24 heavy (non-hydrogen) atoms. The Balaban J connectivity index is 1.61. The second kappa shape index (κ2) is 7.16. The van der Waals surface area contributed by atoms with Gasteiger partial charge in [0.15, 0.2) is 0 Å². The number of amides is 2. The van der Waals surface area contributed by atoms with Gasteiger partial charge in [-0.05, 0) is 30.2 Å². The van der Waals surface area contributed by atoms with Gasteiger partial charge in [-0.1, -0.05) is 53.6 Å². The van der Waals surface area contributed by atoms with Crippen LogP contribution in [-0.4, -0.2) is 22.8 Å². The number of aryl methyl sites for hydroxylation is 1. The average Bonchev–Trinajstić information content (AvgIpc) is 2.84. The number of hydrogen-bond acceptors (Lipinski definition) is 3. The van der Waals surface area contributed by atoms with Crippen LogP contribution in [0.15, 0.2) is 48.5 Å². The van der Waals surface area contributed by atoms with Crippen LogP contribution in [0.3, 0.4) is 0 Å². The van der Waals surface area contributed by atoms with Crippen LogP contribution in [0.2, 0.25) is 5.02 Å². The van der Waals surface area contributed by atoms with E-state index in [2.05, 4.69) is 5.32 Å². The van der Waals surface area contributed by atoms with Gasteiger partial charge in [0, 0.05) is 11.6 Å². The standard InChI is InChI=1S/C19H19ClN2O2/c1-13-2-4-14(5-3-13)11-21-17-10-18(23)22(19(17)24)12-15-6-8-16(20)9-7-15/h2-9,17,21H,10-12H2,1H3. The molecule has 0 aromatic heterocycles. The Morgan fingerprint density at radius 1 is 1.04 bits per heavy atom. The van der Waals surface area contributed by atoms with Crippen LogP contribution in [0.5, 0.6) is 0 Å². The van der Waals surface area contributed by atoms with E-state index >= 15 is 0 Å². The van der Waals surface area contributed by atoms with Crippen molar-refractivity contribution in [3.8, 4) is 0 Å². The van der Waals surface area contributed by atoms with E-state index in [0.717, 1.165) is 11.1 Å². The Morgan fingerprint density at radius 2 is 1.67 bits per heavy atom. The van der Waals surface area contributed by atoms with E-state index in [9.17, 15) is 9.59 Å². The summed E-state index contributed by atoms with van der Waals surface area (Å²) in [6.07, 6.45) is 0.207. The third-order valence-electron chi connectivity index (χ3n) is 4.17. The first-order valence-electron chi connectivity index (χ1n) is 7.90. The molecule has 0 bridgehead atoms. The van der Waals surface area contributed by atoms with Gasteiger partial charge in [0.25, 0.3) is 0 Å². The zero-order valence-corrected chi connectivity index (χ0v) is 14.2. The summed E-state index contributed by atoms with van der Waals surface area (Å²) >= 11 is 5.86. The fraction of sp³-hybridized carbons (Fsp3) is 0.263. The monoisotopic (exact) mass is 342 g/mol. The fourth-order valence-corrected chi connectivity index (χ4v) is 2.85. The summed E-state index contributed by atoms with van der Waals surface area (Å²) in [4.78, 5) is 26.0. The molecule has 5 heteroatoms. The number of imide groups is 1. The second-order valence-electron chi connectivity index (χ2n) is 6.07. The smallest absolute Gasteiger partial charge is 0.247 e. The molecule has 1 aliphatic rings. The molecule has 2 amide bonds. The van der Waals surface area contributed by atoms with E-state index in [1.165, 1.54) is 10.5 Å². The lowest BCUT2D eigenvalue weighted by molar-refractivity contribution is -0.139. The zero-order valence-electron chi connectivity index (χ0n) is 13.5. The minimum Gasteiger partial charge on any atom is -0.301 e. The van der Waals surface area contributed by atoms with E-state index in [1.54, 1.807) is 12.1 Å². The molecular formula is C19H19ClN2O2. The Hall–Kier alpha value is -2.17. The molecule has 0 aliphatic carbocycles. The normalized spacial score (nSPS) is 17.6. The highest BCUT2D eigenvalue weighted by Gasteiger charge is 2.38. The quantitative estimate of drug-likeness (QED) is 0.850. The highest BCUT2D eigenvalue weighted by molar-refractivity contribution is 6.30. The molecule has 3 rings (SSSR count). The minimum absolute atomic E-state index is 0.142. The Morgan fingerprint density at radius 3 is 2.33 bits per heavy atom. The average molecular weight is 343 g/mol. The van der Waals surface area contributed by atoms with Crippen LogP contribution < -0.4 is 5.32 Å². The van der Waals surface area contributed by atoms with Crippen molar-refractivity contribution in [1.29, 1.82) is 0 Å². The second-order valence-corrected chi connectivity index (χ2v) is 6.50. The Bertz CT molecular complexity index is 741. The Labute approximate surface area is 146 Å². The maximum atomic E-state index is 12.5. The third-order valence-corrected chi connectivity index (χ3v) is 4.42. The lowest BCUT2D eigenvalue weighted by Gasteiger charge is -2.15. The third kappa shape index (κ3) is 3.83. The first-order valence-corrected chi connectivity index (χ1v) is 8.28. The molecule has 0 spiro atoms. The first kappa shape index (κ1) is 16.7. The van der Waals surface area contributed by atoms with Crippen molar-refractivity contribution in [1.82, 2.24) is 10.2 Å². The fourth-order valence-electron chi connectivity index (χ4n) is 2.73. The van der Waals surface area contributed by atoms with Gasteiger partial charge in [-0.25, -0.2) is 0 Å². The SMILES string of the molecule is Cc1ccc(CNC2CC(=O)N(Cc3ccc(Cl)cc3)C2=O)cc1. The lowest BCUT2D eigenvalue weighted by atomic mass is 10.1. The highest BCUT2D eigenvalue weighted by Crippen LogP contribution is 2.18. The van der Waals surface area contributed by atoms with Gasteiger partial charge in [0.1, 0.15) is 0 Å². The summed E-state index contributed by atoms with van der Waals surface area (Å²) in [6, 6.07) is 14.8. The molecule has 1 unspecified atom stereocenters. The van der Waals surface area contributed by atoms with Gasteiger partial charge >= 0.3 is 0 Å². The van der Waals surface area contributed by atoms with Gasteiger partial charge in [0.2, 0.25) is 11.8 Å². The molecule has 4 nitrogen and oxygen atoms in total. The summed E-state index contributed by atoms with van der Waals surface area (Å²) < 4.78 is 0. The number of halogens is 1. The van der Waals surface area contributed by atoms with Crippen molar-refractivity contribution in [3.63, 3.8) is 0 Å². The van der Waals surface area contributed by atoms with Crippen molar-refractivity contribution >= 4 is 23.4 Å². The number of benzene rings is 2. The number of rotatable bonds is 5. The highest BCUT2D eigenvalue weighted by atomic mass is 35.5. The molecule has 1 fully saturated rings. The number of carbonyl (C=O) groups is 2. The Kier molecular flexibility index (Phi) is 4.97. The summed E-state index contributed by atoms with van der Waals surface area (Å²) in [7, 11) is 0. The van der Waals surface area contributed by atoms with Gasteiger partial charge in [0.05, 0.1) is 19.0 Å². The van der Waals surface area contributed by atoms with E-state index in [-0.39, 0.29) is 24.8 Å². The van der Waals surface area contributed by atoms with Crippen LogP contribution in [-0.2, 0) is 22.7 Å². The number of carbonyl (C=O) groups excluding carboxylic acids is 2. The minimum atomic E-state index is -0.453. The van der Waals surface area contributed by atoms with Gasteiger partial charge < -0.3 is 5.32 Å². The molecule has 124 valence electrons. The summed E-state index contributed by atoms with van der Waals surface area (Å²) in [5.41, 5.74) is 3.18. The van der Waals surface area contributed by atoms with Crippen LogP contribution in [0, 0.1) is 6.92 Å². The van der Waals surface area contributed by atoms with E-state index in [1.807, 2.05) is 43.3 Å². The van der Waals surface area contributed by atoms with Crippen molar-refractivity contribution in [2.24, 2.45) is 0 Å². The molecule has 1 atom stereocenters. The van der Waals surface area contributed by atoms with Crippen LogP contribution in [0.4, 0.5) is 0 Å². The molecule has 0 saturated carbocycles. The molecule has 0 radical (unpaired) electrons. The molecule has 1 aliphatic heterocycles. The number of hydrogen-bond donors (Lipinski definition) is 1. The maximum absolute atomic E-state index is 12.5.